The number of rotatable bonds is 6. The van der Waals surface area contributed by atoms with Crippen LogP contribution in [0.4, 0.5) is 0 Å². The van der Waals surface area contributed by atoms with Crippen molar-refractivity contribution in [1.82, 2.24) is 10.6 Å². The number of hydrogen-bond acceptors (Lipinski definition) is 3. The maximum Gasteiger partial charge on any atom is 0.261 e. The summed E-state index contributed by atoms with van der Waals surface area (Å²) in [6.45, 7) is 4.93. The molecule has 0 saturated heterocycles. The van der Waals surface area contributed by atoms with Gasteiger partial charge < -0.3 is 10.6 Å². The SMILES string of the molecule is CCc1cc(C(=O)NCCNC(=O)c2ccccc2)sc1C. The van der Waals surface area contributed by atoms with Crippen molar-refractivity contribution in [1.29, 1.82) is 0 Å². The molecule has 2 aromatic rings. The number of thiophene rings is 1. The lowest BCUT2D eigenvalue weighted by molar-refractivity contribution is 0.0929. The molecular formula is C17H20N2O2S. The summed E-state index contributed by atoms with van der Waals surface area (Å²) in [5.74, 6) is -0.211. The number of nitrogens with one attached hydrogen (secondary N) is 2. The van der Waals surface area contributed by atoms with E-state index in [2.05, 4.69) is 17.6 Å². The fourth-order valence-electron chi connectivity index (χ4n) is 2.11. The van der Waals surface area contributed by atoms with Gasteiger partial charge in [0.25, 0.3) is 11.8 Å². The first-order valence-electron chi connectivity index (χ1n) is 7.32. The number of benzene rings is 1. The number of carbonyl (C=O) groups is 2. The van der Waals surface area contributed by atoms with E-state index >= 15 is 0 Å². The van der Waals surface area contributed by atoms with Gasteiger partial charge in [0.05, 0.1) is 4.88 Å². The molecule has 0 aliphatic carbocycles. The van der Waals surface area contributed by atoms with Crippen molar-refractivity contribution in [2.75, 3.05) is 13.1 Å². The Kier molecular flexibility index (Phi) is 5.72. The first-order chi connectivity index (χ1) is 10.6. The summed E-state index contributed by atoms with van der Waals surface area (Å²) < 4.78 is 0. The van der Waals surface area contributed by atoms with Crippen molar-refractivity contribution >= 4 is 23.2 Å². The van der Waals surface area contributed by atoms with E-state index in [1.54, 1.807) is 12.1 Å². The molecule has 1 aromatic carbocycles. The Balaban J connectivity index is 1.76. The summed E-state index contributed by atoms with van der Waals surface area (Å²) in [5.41, 5.74) is 1.84. The molecular weight excluding hydrogens is 296 g/mol. The first kappa shape index (κ1) is 16.2. The Morgan fingerprint density at radius 1 is 1.05 bits per heavy atom. The van der Waals surface area contributed by atoms with Crippen LogP contribution in [0.25, 0.3) is 0 Å². The van der Waals surface area contributed by atoms with Crippen LogP contribution in [0.3, 0.4) is 0 Å². The van der Waals surface area contributed by atoms with E-state index in [0.717, 1.165) is 11.3 Å². The smallest absolute Gasteiger partial charge is 0.261 e. The molecule has 0 aliphatic heterocycles. The zero-order valence-electron chi connectivity index (χ0n) is 12.8. The Bertz CT molecular complexity index is 650. The number of amides is 2. The van der Waals surface area contributed by atoms with Crippen LogP contribution in [0, 0.1) is 6.92 Å². The van der Waals surface area contributed by atoms with Crippen molar-refractivity contribution in [3.8, 4) is 0 Å². The molecule has 22 heavy (non-hydrogen) atoms. The van der Waals surface area contributed by atoms with E-state index in [1.807, 2.05) is 31.2 Å². The molecule has 2 amide bonds. The molecule has 2 rings (SSSR count). The van der Waals surface area contributed by atoms with Gasteiger partial charge in [0, 0.05) is 23.5 Å². The molecule has 4 nitrogen and oxygen atoms in total. The molecule has 0 aliphatic rings. The molecule has 0 bridgehead atoms. The van der Waals surface area contributed by atoms with Crippen LogP contribution < -0.4 is 10.6 Å². The van der Waals surface area contributed by atoms with E-state index in [4.69, 9.17) is 0 Å². The number of aryl methyl sites for hydroxylation is 2. The molecule has 0 spiro atoms. The minimum Gasteiger partial charge on any atom is -0.350 e. The fraction of sp³-hybridized carbons (Fsp3) is 0.294. The Labute approximate surface area is 134 Å². The third-order valence-electron chi connectivity index (χ3n) is 3.36. The van der Waals surface area contributed by atoms with Crippen LogP contribution in [0.5, 0.6) is 0 Å². The van der Waals surface area contributed by atoms with Gasteiger partial charge >= 0.3 is 0 Å². The van der Waals surface area contributed by atoms with Gasteiger partial charge in [-0.3, -0.25) is 9.59 Å². The Morgan fingerprint density at radius 2 is 1.68 bits per heavy atom. The molecule has 116 valence electrons. The zero-order valence-corrected chi connectivity index (χ0v) is 13.6. The summed E-state index contributed by atoms with van der Waals surface area (Å²) in [4.78, 5) is 25.8. The van der Waals surface area contributed by atoms with Gasteiger partial charge in [-0.1, -0.05) is 25.1 Å². The van der Waals surface area contributed by atoms with Gasteiger partial charge in [0.1, 0.15) is 0 Å². The maximum absolute atomic E-state index is 12.0. The van der Waals surface area contributed by atoms with E-state index < -0.39 is 0 Å². The second-order valence-electron chi connectivity index (χ2n) is 4.92. The standard InChI is InChI=1S/C17H20N2O2S/c1-3-13-11-15(22-12(13)2)17(21)19-10-9-18-16(20)14-7-5-4-6-8-14/h4-8,11H,3,9-10H2,1-2H3,(H,18,20)(H,19,21). The molecule has 0 radical (unpaired) electrons. The van der Waals surface area contributed by atoms with Crippen molar-refractivity contribution in [2.24, 2.45) is 0 Å². The highest BCUT2D eigenvalue weighted by Crippen LogP contribution is 2.21. The Morgan fingerprint density at radius 3 is 2.27 bits per heavy atom. The molecule has 0 fully saturated rings. The minimum atomic E-state index is -0.130. The molecule has 1 heterocycles. The highest BCUT2D eigenvalue weighted by Gasteiger charge is 2.11. The van der Waals surface area contributed by atoms with E-state index in [0.29, 0.717) is 18.7 Å². The molecule has 2 N–H and O–H groups in total. The van der Waals surface area contributed by atoms with Crippen molar-refractivity contribution in [3.05, 3.63) is 57.3 Å². The summed E-state index contributed by atoms with van der Waals surface area (Å²) in [5, 5.41) is 5.61. The summed E-state index contributed by atoms with van der Waals surface area (Å²) in [6, 6.07) is 11.0. The van der Waals surface area contributed by atoms with Gasteiger partial charge in [0.2, 0.25) is 0 Å². The minimum absolute atomic E-state index is 0.0817. The van der Waals surface area contributed by atoms with Crippen LogP contribution in [0.2, 0.25) is 0 Å². The van der Waals surface area contributed by atoms with Gasteiger partial charge in [-0.15, -0.1) is 11.3 Å². The van der Waals surface area contributed by atoms with E-state index in [9.17, 15) is 9.59 Å². The lowest BCUT2D eigenvalue weighted by atomic mass is 10.2. The monoisotopic (exact) mass is 316 g/mol. The van der Waals surface area contributed by atoms with Gasteiger partial charge in [0.15, 0.2) is 0 Å². The van der Waals surface area contributed by atoms with Crippen LogP contribution >= 0.6 is 11.3 Å². The average molecular weight is 316 g/mol. The van der Waals surface area contributed by atoms with Gasteiger partial charge in [-0.2, -0.15) is 0 Å². The predicted molar refractivity (Wildman–Crippen MR) is 89.5 cm³/mol. The zero-order chi connectivity index (χ0) is 15.9. The average Bonchev–Trinajstić information content (AvgIpc) is 2.93. The van der Waals surface area contributed by atoms with Crippen molar-refractivity contribution in [3.63, 3.8) is 0 Å². The molecule has 0 unspecified atom stereocenters. The number of carbonyl (C=O) groups excluding carboxylic acids is 2. The lowest BCUT2D eigenvalue weighted by Gasteiger charge is -2.06. The first-order valence-corrected chi connectivity index (χ1v) is 8.14. The second kappa shape index (κ2) is 7.75. The fourth-order valence-corrected chi connectivity index (χ4v) is 3.14. The van der Waals surface area contributed by atoms with Crippen molar-refractivity contribution < 1.29 is 9.59 Å². The number of hydrogen-bond donors (Lipinski definition) is 2. The van der Waals surface area contributed by atoms with Gasteiger partial charge in [-0.05, 0) is 37.1 Å². The summed E-state index contributed by atoms with van der Waals surface area (Å²) >= 11 is 1.51. The Hall–Kier alpha value is -2.14. The van der Waals surface area contributed by atoms with E-state index in [1.165, 1.54) is 21.8 Å². The van der Waals surface area contributed by atoms with Crippen LogP contribution in [-0.4, -0.2) is 24.9 Å². The highest BCUT2D eigenvalue weighted by molar-refractivity contribution is 7.14. The summed E-state index contributed by atoms with van der Waals surface area (Å²) in [6.07, 6.45) is 0.933. The molecule has 5 heteroatoms. The third kappa shape index (κ3) is 4.18. The maximum atomic E-state index is 12.0. The summed E-state index contributed by atoms with van der Waals surface area (Å²) in [7, 11) is 0. The lowest BCUT2D eigenvalue weighted by Crippen LogP contribution is -2.34. The normalized spacial score (nSPS) is 10.3. The topological polar surface area (TPSA) is 58.2 Å². The molecule has 1 aromatic heterocycles. The molecule has 0 atom stereocenters. The van der Waals surface area contributed by atoms with Crippen LogP contribution in [-0.2, 0) is 6.42 Å². The van der Waals surface area contributed by atoms with E-state index in [-0.39, 0.29) is 11.8 Å². The van der Waals surface area contributed by atoms with Crippen molar-refractivity contribution in [2.45, 2.75) is 20.3 Å². The second-order valence-corrected chi connectivity index (χ2v) is 6.18. The van der Waals surface area contributed by atoms with Crippen LogP contribution in [0.15, 0.2) is 36.4 Å². The third-order valence-corrected chi connectivity index (χ3v) is 4.45. The van der Waals surface area contributed by atoms with Crippen LogP contribution in [0.1, 0.15) is 37.4 Å². The quantitative estimate of drug-likeness (QED) is 0.805. The van der Waals surface area contributed by atoms with Gasteiger partial charge in [-0.25, -0.2) is 0 Å². The highest BCUT2D eigenvalue weighted by atomic mass is 32.1. The predicted octanol–water partition coefficient (Wildman–Crippen LogP) is 2.78. The molecule has 0 saturated carbocycles. The largest absolute Gasteiger partial charge is 0.350 e.